The number of nitrogens with one attached hydrogen (secondary N) is 2. The van der Waals surface area contributed by atoms with Crippen LogP contribution < -0.4 is 20.1 Å². The lowest BCUT2D eigenvalue weighted by Gasteiger charge is -2.26. The van der Waals surface area contributed by atoms with Crippen LogP contribution in [0.5, 0.6) is 11.5 Å². The van der Waals surface area contributed by atoms with E-state index in [-0.39, 0.29) is 12.6 Å². The van der Waals surface area contributed by atoms with E-state index in [9.17, 15) is 9.59 Å². The minimum Gasteiger partial charge on any atom is -0.486 e. The number of para-hydroxylation sites is 2. The van der Waals surface area contributed by atoms with Gasteiger partial charge in [0, 0.05) is 6.54 Å². The Morgan fingerprint density at radius 1 is 1.19 bits per heavy atom. The van der Waals surface area contributed by atoms with Crippen molar-refractivity contribution in [3.05, 3.63) is 24.3 Å². The van der Waals surface area contributed by atoms with Gasteiger partial charge in [0.1, 0.15) is 12.7 Å². The summed E-state index contributed by atoms with van der Waals surface area (Å²) in [6.45, 7) is 4.96. The van der Waals surface area contributed by atoms with Crippen LogP contribution in [0.1, 0.15) is 13.8 Å². The SMILES string of the molecule is CC(C)CNC(=O)C(=O)NC[C@@H]1COc2ccccc2O1. The molecule has 0 aliphatic carbocycles. The molecule has 114 valence electrons. The lowest BCUT2D eigenvalue weighted by molar-refractivity contribution is -0.139. The summed E-state index contributed by atoms with van der Waals surface area (Å²) in [5.74, 6) is 0.356. The number of hydrogen-bond donors (Lipinski definition) is 2. The molecule has 2 amide bonds. The molecule has 6 heteroatoms. The highest BCUT2D eigenvalue weighted by molar-refractivity contribution is 6.35. The van der Waals surface area contributed by atoms with Gasteiger partial charge in [-0.1, -0.05) is 26.0 Å². The third-order valence-electron chi connectivity index (χ3n) is 2.93. The maximum Gasteiger partial charge on any atom is 0.309 e. The van der Waals surface area contributed by atoms with Crippen LogP contribution in [-0.2, 0) is 9.59 Å². The van der Waals surface area contributed by atoms with E-state index in [0.29, 0.717) is 30.6 Å². The zero-order valence-electron chi connectivity index (χ0n) is 12.2. The minimum absolute atomic E-state index is 0.224. The second-order valence-electron chi connectivity index (χ2n) is 5.31. The lowest BCUT2D eigenvalue weighted by atomic mass is 10.2. The van der Waals surface area contributed by atoms with Crippen molar-refractivity contribution in [3.63, 3.8) is 0 Å². The van der Waals surface area contributed by atoms with Crippen LogP contribution in [-0.4, -0.2) is 37.6 Å². The molecule has 1 atom stereocenters. The second-order valence-corrected chi connectivity index (χ2v) is 5.31. The Kier molecular flexibility index (Phi) is 5.03. The molecule has 0 spiro atoms. The number of fused-ring (bicyclic) bond motifs is 1. The smallest absolute Gasteiger partial charge is 0.309 e. The molecule has 0 saturated carbocycles. The summed E-state index contributed by atoms with van der Waals surface area (Å²) in [7, 11) is 0. The standard InChI is InChI=1S/C15H20N2O4/c1-10(2)7-16-14(18)15(19)17-8-11-9-20-12-5-3-4-6-13(12)21-11/h3-6,10-11H,7-9H2,1-2H3,(H,16,18)(H,17,19)/t11-/m1/s1. The zero-order chi connectivity index (χ0) is 15.2. The first-order valence-electron chi connectivity index (χ1n) is 7.00. The largest absolute Gasteiger partial charge is 0.486 e. The van der Waals surface area contributed by atoms with Crippen molar-refractivity contribution in [1.29, 1.82) is 0 Å². The van der Waals surface area contributed by atoms with Gasteiger partial charge in [-0.15, -0.1) is 0 Å². The molecule has 6 nitrogen and oxygen atoms in total. The predicted molar refractivity (Wildman–Crippen MR) is 77.2 cm³/mol. The number of ether oxygens (including phenoxy) is 2. The van der Waals surface area contributed by atoms with Gasteiger partial charge in [0.25, 0.3) is 0 Å². The molecule has 1 aromatic carbocycles. The Labute approximate surface area is 123 Å². The van der Waals surface area contributed by atoms with Crippen molar-refractivity contribution >= 4 is 11.8 Å². The van der Waals surface area contributed by atoms with Crippen LogP contribution >= 0.6 is 0 Å². The Morgan fingerprint density at radius 3 is 2.57 bits per heavy atom. The van der Waals surface area contributed by atoms with Gasteiger partial charge >= 0.3 is 11.8 Å². The third kappa shape index (κ3) is 4.37. The fourth-order valence-electron chi connectivity index (χ4n) is 1.83. The first-order chi connectivity index (χ1) is 10.1. The molecule has 0 aromatic heterocycles. The van der Waals surface area contributed by atoms with Gasteiger partial charge < -0.3 is 20.1 Å². The second kappa shape index (κ2) is 6.97. The van der Waals surface area contributed by atoms with Gasteiger partial charge in [-0.3, -0.25) is 9.59 Å². The summed E-state index contributed by atoms with van der Waals surface area (Å²) >= 11 is 0. The van der Waals surface area contributed by atoms with E-state index < -0.39 is 11.8 Å². The fraction of sp³-hybridized carbons (Fsp3) is 0.467. The zero-order valence-corrected chi connectivity index (χ0v) is 12.2. The molecule has 1 aliphatic heterocycles. The van der Waals surface area contributed by atoms with Gasteiger partial charge in [0.05, 0.1) is 6.54 Å². The summed E-state index contributed by atoms with van der Waals surface area (Å²) < 4.78 is 11.2. The monoisotopic (exact) mass is 292 g/mol. The summed E-state index contributed by atoms with van der Waals surface area (Å²) in [4.78, 5) is 23.1. The lowest BCUT2D eigenvalue weighted by Crippen LogP contribution is -2.46. The van der Waals surface area contributed by atoms with Gasteiger partial charge in [-0.05, 0) is 18.1 Å². The van der Waals surface area contributed by atoms with E-state index in [1.165, 1.54) is 0 Å². The molecule has 0 saturated heterocycles. The molecule has 2 N–H and O–H groups in total. The maximum absolute atomic E-state index is 11.6. The van der Waals surface area contributed by atoms with Crippen molar-refractivity contribution in [2.24, 2.45) is 5.92 Å². The van der Waals surface area contributed by atoms with E-state index in [2.05, 4.69) is 10.6 Å². The van der Waals surface area contributed by atoms with Gasteiger partial charge in [0.15, 0.2) is 11.5 Å². The van der Waals surface area contributed by atoms with Crippen LogP contribution in [0.25, 0.3) is 0 Å². The first kappa shape index (κ1) is 15.2. The number of carbonyl (C=O) groups is 2. The Balaban J connectivity index is 1.76. The number of rotatable bonds is 4. The Hall–Kier alpha value is -2.24. The topological polar surface area (TPSA) is 76.7 Å². The molecule has 0 radical (unpaired) electrons. The number of hydrogen-bond acceptors (Lipinski definition) is 4. The number of amides is 2. The van der Waals surface area contributed by atoms with Crippen LogP contribution in [0.4, 0.5) is 0 Å². The van der Waals surface area contributed by atoms with Crippen LogP contribution in [0.15, 0.2) is 24.3 Å². The van der Waals surface area contributed by atoms with Crippen molar-refractivity contribution in [1.82, 2.24) is 10.6 Å². The number of benzene rings is 1. The van der Waals surface area contributed by atoms with Crippen molar-refractivity contribution in [2.45, 2.75) is 20.0 Å². The summed E-state index contributed by atoms with van der Waals surface area (Å²) in [6, 6.07) is 7.34. The first-order valence-corrected chi connectivity index (χ1v) is 7.00. The molecule has 0 fully saturated rings. The summed E-state index contributed by atoms with van der Waals surface area (Å²) in [5, 5.41) is 5.11. The highest BCUT2D eigenvalue weighted by Crippen LogP contribution is 2.30. The molecule has 1 heterocycles. The third-order valence-corrected chi connectivity index (χ3v) is 2.93. The number of carbonyl (C=O) groups excluding carboxylic acids is 2. The van der Waals surface area contributed by atoms with E-state index >= 15 is 0 Å². The van der Waals surface area contributed by atoms with Gasteiger partial charge in [0.2, 0.25) is 0 Å². The Bertz CT molecular complexity index is 516. The predicted octanol–water partition coefficient (Wildman–Crippen LogP) is 0.715. The molecule has 21 heavy (non-hydrogen) atoms. The highest BCUT2D eigenvalue weighted by atomic mass is 16.6. The highest BCUT2D eigenvalue weighted by Gasteiger charge is 2.22. The molecule has 0 unspecified atom stereocenters. The summed E-state index contributed by atoms with van der Waals surface area (Å²) in [5.41, 5.74) is 0. The quantitative estimate of drug-likeness (QED) is 0.802. The Morgan fingerprint density at radius 2 is 1.86 bits per heavy atom. The average molecular weight is 292 g/mol. The van der Waals surface area contributed by atoms with Crippen LogP contribution in [0, 0.1) is 5.92 Å². The van der Waals surface area contributed by atoms with Gasteiger partial charge in [-0.2, -0.15) is 0 Å². The van der Waals surface area contributed by atoms with E-state index in [0.717, 1.165) is 0 Å². The maximum atomic E-state index is 11.6. The van der Waals surface area contributed by atoms with Gasteiger partial charge in [-0.25, -0.2) is 0 Å². The van der Waals surface area contributed by atoms with Crippen molar-refractivity contribution in [2.75, 3.05) is 19.7 Å². The van der Waals surface area contributed by atoms with Crippen LogP contribution in [0.2, 0.25) is 0 Å². The van der Waals surface area contributed by atoms with E-state index in [1.54, 1.807) is 6.07 Å². The molecular formula is C15H20N2O4. The molecule has 2 rings (SSSR count). The molecular weight excluding hydrogens is 272 g/mol. The van der Waals surface area contributed by atoms with Crippen molar-refractivity contribution in [3.8, 4) is 11.5 Å². The normalized spacial score (nSPS) is 16.4. The fourth-order valence-corrected chi connectivity index (χ4v) is 1.83. The van der Waals surface area contributed by atoms with Crippen molar-refractivity contribution < 1.29 is 19.1 Å². The molecule has 1 aliphatic rings. The van der Waals surface area contributed by atoms with E-state index in [1.807, 2.05) is 32.0 Å². The van der Waals surface area contributed by atoms with Crippen LogP contribution in [0.3, 0.4) is 0 Å². The molecule has 0 bridgehead atoms. The summed E-state index contributed by atoms with van der Waals surface area (Å²) in [6.07, 6.45) is -0.304. The molecule has 1 aromatic rings. The van der Waals surface area contributed by atoms with E-state index in [4.69, 9.17) is 9.47 Å². The average Bonchev–Trinajstić information content (AvgIpc) is 2.49. The minimum atomic E-state index is -0.655.